The molecule has 1 atom stereocenters. The maximum absolute atomic E-state index is 12.5. The topological polar surface area (TPSA) is 70.5 Å². The molecule has 22 heavy (non-hydrogen) atoms. The summed E-state index contributed by atoms with van der Waals surface area (Å²) in [5.41, 5.74) is 1.15. The second-order valence-electron chi connectivity index (χ2n) is 5.35. The van der Waals surface area contributed by atoms with Crippen LogP contribution in [0.5, 0.6) is 0 Å². The van der Waals surface area contributed by atoms with Crippen molar-refractivity contribution in [2.24, 2.45) is 0 Å². The van der Waals surface area contributed by atoms with Crippen molar-refractivity contribution in [1.29, 1.82) is 0 Å². The van der Waals surface area contributed by atoms with Crippen LogP contribution in [0, 0.1) is 0 Å². The predicted octanol–water partition coefficient (Wildman–Crippen LogP) is 2.86. The fraction of sp³-hybridized carbons (Fsp3) is 0.312. The van der Waals surface area contributed by atoms with E-state index in [1.807, 2.05) is 23.2 Å². The highest BCUT2D eigenvalue weighted by Gasteiger charge is 2.26. The van der Waals surface area contributed by atoms with E-state index in [1.54, 1.807) is 12.3 Å². The van der Waals surface area contributed by atoms with Crippen LogP contribution in [0.15, 0.2) is 36.7 Å². The minimum Gasteiger partial charge on any atom is -0.477 e. The summed E-state index contributed by atoms with van der Waals surface area (Å²) in [6.07, 6.45) is 5.59. The largest absolute Gasteiger partial charge is 0.477 e. The summed E-state index contributed by atoms with van der Waals surface area (Å²) in [4.78, 5) is 30.1. The van der Waals surface area contributed by atoms with E-state index < -0.39 is 5.97 Å². The molecule has 1 fully saturated rings. The van der Waals surface area contributed by atoms with Gasteiger partial charge in [0.1, 0.15) is 4.88 Å². The molecule has 2 aromatic rings. The number of likely N-dealkylation sites (tertiary alicyclic amines) is 1. The number of hydrogen-bond acceptors (Lipinski definition) is 4. The highest BCUT2D eigenvalue weighted by atomic mass is 32.1. The zero-order valence-electron chi connectivity index (χ0n) is 11.9. The van der Waals surface area contributed by atoms with Crippen LogP contribution in [0.3, 0.4) is 0 Å². The number of nitrogens with zero attached hydrogens (tertiary/aromatic N) is 2. The van der Waals surface area contributed by atoms with Crippen molar-refractivity contribution in [2.45, 2.75) is 18.8 Å². The van der Waals surface area contributed by atoms with Crippen molar-refractivity contribution in [2.75, 3.05) is 13.1 Å². The molecule has 1 amide bonds. The predicted molar refractivity (Wildman–Crippen MR) is 83.4 cm³/mol. The Kier molecular flexibility index (Phi) is 4.20. The molecule has 1 unspecified atom stereocenters. The van der Waals surface area contributed by atoms with Crippen LogP contribution in [-0.2, 0) is 0 Å². The Morgan fingerprint density at radius 1 is 1.27 bits per heavy atom. The van der Waals surface area contributed by atoms with E-state index in [2.05, 4.69) is 4.98 Å². The summed E-state index contributed by atoms with van der Waals surface area (Å²) in [6, 6.07) is 7.04. The molecule has 0 aliphatic carbocycles. The van der Waals surface area contributed by atoms with Gasteiger partial charge < -0.3 is 10.0 Å². The molecule has 1 N–H and O–H groups in total. The van der Waals surface area contributed by atoms with Crippen LogP contribution in [0.2, 0.25) is 0 Å². The first-order valence-electron chi connectivity index (χ1n) is 7.17. The van der Waals surface area contributed by atoms with Gasteiger partial charge in [-0.05, 0) is 36.6 Å². The van der Waals surface area contributed by atoms with Crippen LogP contribution in [0.4, 0.5) is 0 Å². The molecule has 0 radical (unpaired) electrons. The van der Waals surface area contributed by atoms with Crippen LogP contribution < -0.4 is 0 Å². The van der Waals surface area contributed by atoms with Crippen molar-refractivity contribution in [3.8, 4) is 0 Å². The van der Waals surface area contributed by atoms with E-state index in [0.29, 0.717) is 17.3 Å². The SMILES string of the molecule is O=C(O)c1ccc(C(=O)N2CCCC(c3cccnc3)C2)s1. The molecule has 3 rings (SSSR count). The maximum Gasteiger partial charge on any atom is 0.345 e. The number of carboxylic acids is 1. The van der Waals surface area contributed by atoms with Crippen molar-refractivity contribution >= 4 is 23.2 Å². The first kappa shape index (κ1) is 14.7. The number of carbonyl (C=O) groups is 2. The minimum absolute atomic E-state index is 0.0777. The lowest BCUT2D eigenvalue weighted by Gasteiger charge is -2.32. The Labute approximate surface area is 132 Å². The second kappa shape index (κ2) is 6.27. The number of piperidine rings is 1. The molecule has 5 nitrogen and oxygen atoms in total. The normalized spacial score (nSPS) is 18.2. The van der Waals surface area contributed by atoms with Crippen molar-refractivity contribution in [1.82, 2.24) is 9.88 Å². The number of rotatable bonds is 3. The molecule has 2 aromatic heterocycles. The fourth-order valence-electron chi connectivity index (χ4n) is 2.77. The average molecular weight is 316 g/mol. The number of carbonyl (C=O) groups excluding carboxylic acids is 1. The number of thiophene rings is 1. The van der Waals surface area contributed by atoms with Crippen LogP contribution in [-0.4, -0.2) is 40.0 Å². The Morgan fingerprint density at radius 2 is 2.09 bits per heavy atom. The van der Waals surface area contributed by atoms with Gasteiger partial charge in [0.25, 0.3) is 5.91 Å². The van der Waals surface area contributed by atoms with Crippen LogP contribution in [0.25, 0.3) is 0 Å². The van der Waals surface area contributed by atoms with Gasteiger partial charge in [0.2, 0.25) is 0 Å². The first-order valence-corrected chi connectivity index (χ1v) is 7.99. The Bertz CT molecular complexity index is 684. The summed E-state index contributed by atoms with van der Waals surface area (Å²) in [6.45, 7) is 1.38. The van der Waals surface area contributed by atoms with Gasteiger partial charge in [-0.15, -0.1) is 11.3 Å². The molecule has 0 bridgehead atoms. The van der Waals surface area contributed by atoms with Gasteiger partial charge in [0.05, 0.1) is 4.88 Å². The zero-order chi connectivity index (χ0) is 15.5. The monoisotopic (exact) mass is 316 g/mol. The molecule has 6 heteroatoms. The Balaban J connectivity index is 1.73. The van der Waals surface area contributed by atoms with E-state index in [1.165, 1.54) is 6.07 Å². The highest BCUT2D eigenvalue weighted by molar-refractivity contribution is 7.15. The molecule has 0 aromatic carbocycles. The van der Waals surface area contributed by atoms with Gasteiger partial charge in [-0.3, -0.25) is 9.78 Å². The molecule has 1 saturated heterocycles. The summed E-state index contributed by atoms with van der Waals surface area (Å²) < 4.78 is 0. The molecular formula is C16H16N2O3S. The van der Waals surface area contributed by atoms with Crippen molar-refractivity contribution in [3.63, 3.8) is 0 Å². The standard InChI is InChI=1S/C16H16N2O3S/c19-15(13-5-6-14(22-13)16(20)21)18-8-2-4-12(10-18)11-3-1-7-17-9-11/h1,3,5-7,9,12H,2,4,8,10H2,(H,20,21). The number of hydrogen-bond donors (Lipinski definition) is 1. The third-order valence-electron chi connectivity index (χ3n) is 3.89. The molecular weight excluding hydrogens is 300 g/mol. The second-order valence-corrected chi connectivity index (χ2v) is 6.43. The quantitative estimate of drug-likeness (QED) is 0.945. The lowest BCUT2D eigenvalue weighted by Crippen LogP contribution is -2.38. The zero-order valence-corrected chi connectivity index (χ0v) is 12.8. The van der Waals surface area contributed by atoms with E-state index in [9.17, 15) is 9.59 Å². The van der Waals surface area contributed by atoms with E-state index in [0.717, 1.165) is 36.3 Å². The summed E-state index contributed by atoms with van der Waals surface area (Å²) in [7, 11) is 0. The van der Waals surface area contributed by atoms with Gasteiger partial charge in [-0.25, -0.2) is 4.79 Å². The number of aromatic carboxylic acids is 1. The van der Waals surface area contributed by atoms with E-state index in [-0.39, 0.29) is 10.8 Å². The fourth-order valence-corrected chi connectivity index (χ4v) is 3.59. The van der Waals surface area contributed by atoms with Gasteiger partial charge in [0, 0.05) is 31.4 Å². The number of aromatic nitrogens is 1. The molecule has 0 saturated carbocycles. The summed E-state index contributed by atoms with van der Waals surface area (Å²) in [5, 5.41) is 8.96. The molecule has 1 aliphatic rings. The summed E-state index contributed by atoms with van der Waals surface area (Å²) >= 11 is 1.04. The van der Waals surface area contributed by atoms with E-state index in [4.69, 9.17) is 5.11 Å². The number of pyridine rings is 1. The van der Waals surface area contributed by atoms with Gasteiger partial charge in [-0.2, -0.15) is 0 Å². The minimum atomic E-state index is -0.990. The van der Waals surface area contributed by atoms with Crippen molar-refractivity contribution < 1.29 is 14.7 Å². The summed E-state index contributed by atoms with van der Waals surface area (Å²) in [5.74, 6) is -0.771. The molecule has 0 spiro atoms. The molecule has 3 heterocycles. The first-order chi connectivity index (χ1) is 10.6. The lowest BCUT2D eigenvalue weighted by molar-refractivity contribution is 0.0698. The maximum atomic E-state index is 12.5. The highest BCUT2D eigenvalue weighted by Crippen LogP contribution is 2.28. The van der Waals surface area contributed by atoms with E-state index >= 15 is 0 Å². The average Bonchev–Trinajstić information content (AvgIpc) is 3.05. The molecule has 1 aliphatic heterocycles. The smallest absolute Gasteiger partial charge is 0.345 e. The van der Waals surface area contributed by atoms with Crippen LogP contribution in [0.1, 0.15) is 43.7 Å². The Morgan fingerprint density at radius 3 is 2.77 bits per heavy atom. The third-order valence-corrected chi connectivity index (χ3v) is 4.95. The van der Waals surface area contributed by atoms with Crippen molar-refractivity contribution in [3.05, 3.63) is 52.0 Å². The van der Waals surface area contributed by atoms with Gasteiger partial charge >= 0.3 is 5.97 Å². The number of carboxylic acid groups (broad SMARTS) is 1. The Hall–Kier alpha value is -2.21. The lowest BCUT2D eigenvalue weighted by atomic mass is 9.91. The number of amides is 1. The molecule has 114 valence electrons. The third kappa shape index (κ3) is 3.01. The van der Waals surface area contributed by atoms with Crippen LogP contribution >= 0.6 is 11.3 Å². The van der Waals surface area contributed by atoms with Gasteiger partial charge in [0.15, 0.2) is 0 Å². The van der Waals surface area contributed by atoms with Gasteiger partial charge in [-0.1, -0.05) is 6.07 Å².